The molecular weight excluding hydrogens is 847 g/mol. The summed E-state index contributed by atoms with van der Waals surface area (Å²) in [6.07, 6.45) is 4.61. The van der Waals surface area contributed by atoms with Crippen molar-refractivity contribution < 1.29 is 26.3 Å². The zero-order valence-corrected chi connectivity index (χ0v) is 35.6. The third-order valence-electron chi connectivity index (χ3n) is 9.98. The quantitative estimate of drug-likeness (QED) is 0.139. The highest BCUT2D eigenvalue weighted by molar-refractivity contribution is 7.90. The van der Waals surface area contributed by atoms with Crippen LogP contribution in [0.3, 0.4) is 0 Å². The fourth-order valence-corrected chi connectivity index (χ4v) is 8.09. The number of hydrogen-bond donors (Lipinski definition) is 1. The number of pyridine rings is 2. The molecule has 6 aromatic carbocycles. The maximum absolute atomic E-state index is 11.8. The predicted octanol–water partition coefficient (Wildman–Crippen LogP) is 9.81. The van der Waals surface area contributed by atoms with Crippen molar-refractivity contribution in [3.05, 3.63) is 194 Å². The third kappa shape index (κ3) is 8.98. The Morgan fingerprint density at radius 2 is 0.938 bits per heavy atom. The topological polar surface area (TPSA) is 174 Å². The van der Waals surface area contributed by atoms with Crippen molar-refractivity contribution >= 4 is 42.2 Å². The van der Waals surface area contributed by atoms with E-state index >= 15 is 0 Å². The molecule has 0 amide bonds. The van der Waals surface area contributed by atoms with Crippen LogP contribution in [0.4, 0.5) is 0 Å². The first-order chi connectivity index (χ1) is 31.0. The Labute approximate surface area is 368 Å². The summed E-state index contributed by atoms with van der Waals surface area (Å²) in [7, 11) is -7.05. The molecule has 64 heavy (non-hydrogen) atoms. The summed E-state index contributed by atoms with van der Waals surface area (Å²) in [4.78, 5) is 18.7. The van der Waals surface area contributed by atoms with Gasteiger partial charge in [0, 0.05) is 41.2 Å². The number of aromatic nitrogens is 6. The molecule has 316 valence electrons. The van der Waals surface area contributed by atoms with Gasteiger partial charge in [0.05, 0.1) is 15.3 Å². The van der Waals surface area contributed by atoms with Gasteiger partial charge in [0.15, 0.2) is 21.1 Å². The summed E-state index contributed by atoms with van der Waals surface area (Å²) < 4.78 is 62.6. The van der Waals surface area contributed by atoms with E-state index in [1.807, 2.05) is 143 Å². The molecule has 10 aromatic rings. The zero-order valence-electron chi connectivity index (χ0n) is 34.0. The highest BCUT2D eigenvalue weighted by Crippen LogP contribution is 2.32. The zero-order chi connectivity index (χ0) is 44.3. The summed E-state index contributed by atoms with van der Waals surface area (Å²) in [5, 5.41) is 5.23. The van der Waals surface area contributed by atoms with Gasteiger partial charge in [-0.05, 0) is 146 Å². The number of sulfonamides is 1. The summed E-state index contributed by atoms with van der Waals surface area (Å²) >= 11 is 0. The number of primary sulfonamides is 1. The van der Waals surface area contributed by atoms with E-state index in [0.29, 0.717) is 28.7 Å². The lowest BCUT2D eigenvalue weighted by molar-refractivity contribution is 0.482. The molecule has 0 saturated heterocycles. The summed E-state index contributed by atoms with van der Waals surface area (Å²) in [5.41, 5.74) is 6.14. The molecular formula is C49H37N7O6S2. The minimum atomic E-state index is -3.77. The van der Waals surface area contributed by atoms with Crippen LogP contribution in [0.2, 0.25) is 0 Å². The second-order valence-corrected chi connectivity index (χ2v) is 18.0. The summed E-state index contributed by atoms with van der Waals surface area (Å²) in [5.74, 6) is 4.26. The van der Waals surface area contributed by atoms with E-state index in [4.69, 9.17) is 24.6 Å². The van der Waals surface area contributed by atoms with Crippen LogP contribution < -0.4 is 14.6 Å². The lowest BCUT2D eigenvalue weighted by atomic mass is 10.2. The summed E-state index contributed by atoms with van der Waals surface area (Å²) in [6.45, 7) is 0. The lowest BCUT2D eigenvalue weighted by Gasteiger charge is -2.11. The number of sulfone groups is 1. The van der Waals surface area contributed by atoms with E-state index in [2.05, 4.69) is 9.97 Å². The van der Waals surface area contributed by atoms with Crippen molar-refractivity contribution in [3.63, 3.8) is 0 Å². The number of rotatable bonds is 10. The molecule has 10 rings (SSSR count). The van der Waals surface area contributed by atoms with Crippen LogP contribution in [0.1, 0.15) is 0 Å². The van der Waals surface area contributed by atoms with Crippen LogP contribution in [-0.2, 0) is 19.9 Å². The Morgan fingerprint density at radius 3 is 1.47 bits per heavy atom. The van der Waals surface area contributed by atoms with E-state index in [9.17, 15) is 16.8 Å². The number of nitrogens with zero attached hydrogens (tertiary/aromatic N) is 6. The molecule has 0 unspecified atom stereocenters. The van der Waals surface area contributed by atoms with Gasteiger partial charge in [-0.25, -0.2) is 41.9 Å². The maximum Gasteiger partial charge on any atom is 0.238 e. The van der Waals surface area contributed by atoms with Gasteiger partial charge >= 0.3 is 0 Å². The minimum absolute atomic E-state index is 0.0458. The number of fused-ring (bicyclic) bond motifs is 2. The van der Waals surface area contributed by atoms with Crippen molar-refractivity contribution in [1.29, 1.82) is 0 Å². The van der Waals surface area contributed by atoms with Crippen LogP contribution in [0.5, 0.6) is 23.0 Å². The van der Waals surface area contributed by atoms with Crippen LogP contribution >= 0.6 is 0 Å². The molecule has 15 heteroatoms. The Hall–Kier alpha value is -7.98. The first-order valence-corrected chi connectivity index (χ1v) is 23.2. The molecule has 0 radical (unpaired) electrons. The van der Waals surface area contributed by atoms with Crippen molar-refractivity contribution in [1.82, 2.24) is 29.1 Å². The number of para-hydroxylation sites is 2. The van der Waals surface area contributed by atoms with Gasteiger partial charge in [-0.15, -0.1) is 0 Å². The average Bonchev–Trinajstić information content (AvgIpc) is 3.90. The van der Waals surface area contributed by atoms with Gasteiger partial charge in [-0.2, -0.15) is 0 Å². The molecule has 4 aromatic heterocycles. The minimum Gasteiger partial charge on any atom is -0.457 e. The molecule has 0 bridgehead atoms. The molecule has 4 heterocycles. The monoisotopic (exact) mass is 883 g/mol. The van der Waals surface area contributed by atoms with Gasteiger partial charge < -0.3 is 9.47 Å². The Kier molecular flexibility index (Phi) is 11.3. The molecule has 0 aliphatic heterocycles. The molecule has 0 aliphatic carbocycles. The number of ether oxygens (including phenoxy) is 2. The molecule has 0 aliphatic rings. The van der Waals surface area contributed by atoms with Crippen molar-refractivity contribution in [2.75, 3.05) is 6.26 Å². The van der Waals surface area contributed by atoms with Crippen LogP contribution in [-0.4, -0.2) is 52.2 Å². The number of nitrogens with two attached hydrogens (primary N) is 1. The fourth-order valence-electron chi connectivity index (χ4n) is 6.94. The van der Waals surface area contributed by atoms with Gasteiger partial charge in [0.2, 0.25) is 10.0 Å². The second-order valence-electron chi connectivity index (χ2n) is 14.4. The van der Waals surface area contributed by atoms with Gasteiger partial charge in [-0.3, -0.25) is 9.13 Å². The first-order valence-electron chi connectivity index (χ1n) is 19.8. The Bertz CT molecular complexity index is 3220. The lowest BCUT2D eigenvalue weighted by Crippen LogP contribution is -2.11. The van der Waals surface area contributed by atoms with E-state index < -0.39 is 19.9 Å². The standard InChI is InChI=1S/C25H19N3O3S.C24H18N4O3S/c1-32(29,30)22-15-9-18(10-16-22)25-27-24-23(8-5-17-26-24)28(25)19-11-13-21(14-12-19)31-20-6-3-2-4-7-20;25-32(29,30)21-14-8-17(9-15-21)23-27-22-7-4-16-26-24(22)28(23)18-10-12-20(13-11-18)31-19-5-2-1-3-6-19/h2-17H,1H3;1-16H,(H2,25,29,30). The predicted molar refractivity (Wildman–Crippen MR) is 246 cm³/mol. The Balaban J connectivity index is 0.000000162. The van der Waals surface area contributed by atoms with E-state index in [-0.39, 0.29) is 9.79 Å². The summed E-state index contributed by atoms with van der Waals surface area (Å²) in [6, 6.07) is 55.1. The van der Waals surface area contributed by atoms with E-state index in [1.165, 1.54) is 18.4 Å². The normalized spacial score (nSPS) is 11.5. The van der Waals surface area contributed by atoms with Crippen molar-refractivity contribution in [2.24, 2.45) is 5.14 Å². The molecule has 2 N–H and O–H groups in total. The second kappa shape index (κ2) is 17.4. The molecule has 0 atom stereocenters. The van der Waals surface area contributed by atoms with E-state index in [0.717, 1.165) is 50.8 Å². The molecule has 0 fully saturated rings. The average molecular weight is 884 g/mol. The molecule has 13 nitrogen and oxygen atoms in total. The van der Waals surface area contributed by atoms with Crippen molar-refractivity contribution in [3.8, 4) is 57.1 Å². The SMILES string of the molecule is CS(=O)(=O)c1ccc(-c2nc3ncccc3n2-c2ccc(Oc3ccccc3)cc2)cc1.NS(=O)(=O)c1ccc(-c2nc3cccnc3n2-c2ccc(Oc3ccccc3)cc2)cc1. The number of hydrogen-bond acceptors (Lipinski definition) is 10. The number of imidazole rings is 2. The van der Waals surface area contributed by atoms with Crippen LogP contribution in [0.25, 0.3) is 56.5 Å². The smallest absolute Gasteiger partial charge is 0.238 e. The van der Waals surface area contributed by atoms with Gasteiger partial charge in [-0.1, -0.05) is 36.4 Å². The Morgan fingerprint density at radius 1 is 0.469 bits per heavy atom. The van der Waals surface area contributed by atoms with Gasteiger partial charge in [0.25, 0.3) is 0 Å². The van der Waals surface area contributed by atoms with Crippen LogP contribution in [0.15, 0.2) is 204 Å². The maximum atomic E-state index is 11.8. The fraction of sp³-hybridized carbons (Fsp3) is 0.0204. The largest absolute Gasteiger partial charge is 0.457 e. The first kappa shape index (κ1) is 41.4. The third-order valence-corrected chi connectivity index (χ3v) is 12.0. The molecule has 0 spiro atoms. The highest BCUT2D eigenvalue weighted by Gasteiger charge is 2.18. The van der Waals surface area contributed by atoms with Gasteiger partial charge in [0.1, 0.15) is 40.2 Å². The molecule has 0 saturated carbocycles. The number of benzene rings is 6. The van der Waals surface area contributed by atoms with Crippen molar-refractivity contribution in [2.45, 2.75) is 9.79 Å². The van der Waals surface area contributed by atoms with Crippen LogP contribution in [0, 0.1) is 0 Å². The highest BCUT2D eigenvalue weighted by atomic mass is 32.2. The van der Waals surface area contributed by atoms with E-state index in [1.54, 1.807) is 48.8 Å².